The van der Waals surface area contributed by atoms with Gasteiger partial charge in [-0.1, -0.05) is 19.1 Å². The van der Waals surface area contributed by atoms with Crippen molar-refractivity contribution in [2.24, 2.45) is 0 Å². The van der Waals surface area contributed by atoms with E-state index < -0.39 is 15.8 Å². The van der Waals surface area contributed by atoms with Gasteiger partial charge >= 0.3 is 0 Å². The van der Waals surface area contributed by atoms with Crippen molar-refractivity contribution in [2.75, 3.05) is 23.6 Å². The molecule has 0 fully saturated rings. The molecule has 0 amide bonds. The lowest BCUT2D eigenvalue weighted by molar-refractivity contribution is 0.592. The van der Waals surface area contributed by atoms with Gasteiger partial charge in [0.05, 0.1) is 11.4 Å². The van der Waals surface area contributed by atoms with Crippen LogP contribution in [-0.4, -0.2) is 27.3 Å². The molecule has 0 aliphatic carbocycles. The first-order valence-corrected chi connectivity index (χ1v) is 7.58. The molecule has 4 nitrogen and oxygen atoms in total. The number of sulfonamides is 1. The molecule has 18 heavy (non-hydrogen) atoms. The van der Waals surface area contributed by atoms with Gasteiger partial charge in [0.25, 0.3) is 0 Å². The number of rotatable bonds is 7. The third-order valence-electron chi connectivity index (χ3n) is 2.43. The molecule has 0 atom stereocenters. The van der Waals surface area contributed by atoms with Crippen molar-refractivity contribution < 1.29 is 12.8 Å². The van der Waals surface area contributed by atoms with E-state index in [0.717, 1.165) is 13.0 Å². The predicted molar refractivity (Wildman–Crippen MR) is 71.7 cm³/mol. The van der Waals surface area contributed by atoms with E-state index in [-0.39, 0.29) is 11.4 Å². The number of hydrogen-bond acceptors (Lipinski definition) is 3. The monoisotopic (exact) mass is 274 g/mol. The summed E-state index contributed by atoms with van der Waals surface area (Å²) in [4.78, 5) is 0. The van der Waals surface area contributed by atoms with Crippen LogP contribution < -0.4 is 10.0 Å². The van der Waals surface area contributed by atoms with Gasteiger partial charge in [-0.2, -0.15) is 0 Å². The van der Waals surface area contributed by atoms with E-state index >= 15 is 0 Å². The molecule has 2 N–H and O–H groups in total. The van der Waals surface area contributed by atoms with E-state index in [9.17, 15) is 12.8 Å². The van der Waals surface area contributed by atoms with Crippen LogP contribution in [0.5, 0.6) is 0 Å². The van der Waals surface area contributed by atoms with Gasteiger partial charge in [-0.05, 0) is 31.5 Å². The summed E-state index contributed by atoms with van der Waals surface area (Å²) in [5.74, 6) is -0.594. The van der Waals surface area contributed by atoms with Gasteiger partial charge in [0.1, 0.15) is 5.82 Å². The fourth-order valence-corrected chi connectivity index (χ4v) is 2.46. The second-order valence-corrected chi connectivity index (χ2v) is 5.95. The molecule has 0 radical (unpaired) electrons. The molecule has 0 saturated heterocycles. The van der Waals surface area contributed by atoms with Crippen molar-refractivity contribution in [2.45, 2.75) is 20.3 Å². The number of benzene rings is 1. The highest BCUT2D eigenvalue weighted by molar-refractivity contribution is 7.92. The highest BCUT2D eigenvalue weighted by atomic mass is 32.2. The molecule has 0 unspecified atom stereocenters. The van der Waals surface area contributed by atoms with E-state index in [0.29, 0.717) is 12.1 Å². The zero-order chi connectivity index (χ0) is 13.6. The molecule has 1 rings (SSSR count). The highest BCUT2D eigenvalue weighted by Gasteiger charge is 2.13. The van der Waals surface area contributed by atoms with E-state index in [1.165, 1.54) is 6.07 Å². The first-order chi connectivity index (χ1) is 8.46. The average molecular weight is 274 g/mol. The zero-order valence-electron chi connectivity index (χ0n) is 10.7. The summed E-state index contributed by atoms with van der Waals surface area (Å²) >= 11 is 0. The maximum atomic E-state index is 13.6. The fourth-order valence-electron chi connectivity index (χ4n) is 1.45. The maximum Gasteiger partial charge on any atom is 0.234 e. The van der Waals surface area contributed by atoms with E-state index in [1.807, 2.05) is 6.92 Å². The lowest BCUT2D eigenvalue weighted by atomic mass is 10.2. The minimum atomic E-state index is -3.51. The first-order valence-electron chi connectivity index (χ1n) is 5.92. The molecule has 0 aromatic heterocycles. The Kier molecular flexibility index (Phi) is 5.55. The number of halogens is 1. The minimum Gasteiger partial charge on any atom is -0.316 e. The summed E-state index contributed by atoms with van der Waals surface area (Å²) in [7, 11) is -3.51. The Morgan fingerprint density at radius 1 is 1.28 bits per heavy atom. The first kappa shape index (κ1) is 14.9. The average Bonchev–Trinajstić information content (AvgIpc) is 2.31. The molecule has 0 heterocycles. The molecular formula is C12H19FN2O2S. The Balaban J connectivity index is 2.62. The summed E-state index contributed by atoms with van der Waals surface area (Å²) in [6.45, 7) is 4.72. The van der Waals surface area contributed by atoms with E-state index in [1.54, 1.807) is 19.1 Å². The largest absolute Gasteiger partial charge is 0.316 e. The Morgan fingerprint density at radius 2 is 2.00 bits per heavy atom. The standard InChI is InChI=1S/C12H19FN2O2S/c1-3-7-14-8-9-18(16,17)15-11-6-4-5-10(2)12(11)13/h4-6,14-15H,3,7-9H2,1-2H3. The van der Waals surface area contributed by atoms with Crippen molar-refractivity contribution in [3.8, 4) is 0 Å². The number of nitrogens with one attached hydrogen (secondary N) is 2. The summed E-state index contributed by atoms with van der Waals surface area (Å²) < 4.78 is 39.3. The Bertz CT molecular complexity index is 489. The molecule has 102 valence electrons. The van der Waals surface area contributed by atoms with Crippen LogP contribution in [0.4, 0.5) is 10.1 Å². The second kappa shape index (κ2) is 6.70. The Labute approximate surface area is 108 Å². The van der Waals surface area contributed by atoms with Gasteiger partial charge in [-0.15, -0.1) is 0 Å². The zero-order valence-corrected chi connectivity index (χ0v) is 11.5. The molecule has 0 bridgehead atoms. The SMILES string of the molecule is CCCNCCS(=O)(=O)Nc1cccc(C)c1F. The van der Waals surface area contributed by atoms with Crippen molar-refractivity contribution in [3.05, 3.63) is 29.6 Å². The summed E-state index contributed by atoms with van der Waals surface area (Å²) in [6, 6.07) is 4.63. The van der Waals surface area contributed by atoms with E-state index in [4.69, 9.17) is 0 Å². The van der Waals surface area contributed by atoms with Gasteiger partial charge < -0.3 is 5.32 Å². The predicted octanol–water partition coefficient (Wildman–Crippen LogP) is 1.88. The molecule has 0 aliphatic heterocycles. The van der Waals surface area contributed by atoms with Crippen LogP contribution in [0.25, 0.3) is 0 Å². The third kappa shape index (κ3) is 4.62. The number of aryl methyl sites for hydroxylation is 1. The van der Waals surface area contributed by atoms with Gasteiger partial charge in [0.15, 0.2) is 0 Å². The van der Waals surface area contributed by atoms with Crippen LogP contribution >= 0.6 is 0 Å². The number of anilines is 1. The van der Waals surface area contributed by atoms with Crippen LogP contribution in [0.15, 0.2) is 18.2 Å². The number of hydrogen-bond donors (Lipinski definition) is 2. The molecule has 6 heteroatoms. The second-order valence-electron chi connectivity index (χ2n) is 4.11. The normalized spacial score (nSPS) is 11.5. The molecule has 1 aromatic rings. The van der Waals surface area contributed by atoms with E-state index in [2.05, 4.69) is 10.0 Å². The van der Waals surface area contributed by atoms with Crippen molar-refractivity contribution in [1.82, 2.24) is 5.32 Å². The minimum absolute atomic E-state index is 0.00508. The molecular weight excluding hydrogens is 255 g/mol. The highest BCUT2D eigenvalue weighted by Crippen LogP contribution is 2.18. The lowest BCUT2D eigenvalue weighted by Gasteiger charge is -2.10. The van der Waals surface area contributed by atoms with Crippen LogP contribution in [0.3, 0.4) is 0 Å². The van der Waals surface area contributed by atoms with Crippen LogP contribution in [0.1, 0.15) is 18.9 Å². The molecule has 0 spiro atoms. The summed E-state index contributed by atoms with van der Waals surface area (Å²) in [5, 5.41) is 2.99. The van der Waals surface area contributed by atoms with Crippen molar-refractivity contribution >= 4 is 15.7 Å². The van der Waals surface area contributed by atoms with Crippen LogP contribution in [0, 0.1) is 12.7 Å². The van der Waals surface area contributed by atoms with Crippen molar-refractivity contribution in [3.63, 3.8) is 0 Å². The molecule has 0 saturated carbocycles. The van der Waals surface area contributed by atoms with Gasteiger partial charge in [0.2, 0.25) is 10.0 Å². The van der Waals surface area contributed by atoms with Gasteiger partial charge in [-0.3, -0.25) is 4.72 Å². The fraction of sp³-hybridized carbons (Fsp3) is 0.500. The van der Waals surface area contributed by atoms with Gasteiger partial charge in [0, 0.05) is 6.54 Å². The lowest BCUT2D eigenvalue weighted by Crippen LogP contribution is -2.27. The molecule has 1 aromatic carbocycles. The third-order valence-corrected chi connectivity index (χ3v) is 3.70. The summed E-state index contributed by atoms with van der Waals surface area (Å²) in [5.41, 5.74) is 0.421. The quantitative estimate of drug-likeness (QED) is 0.746. The van der Waals surface area contributed by atoms with Gasteiger partial charge in [-0.25, -0.2) is 12.8 Å². The smallest absolute Gasteiger partial charge is 0.234 e. The van der Waals surface area contributed by atoms with Crippen LogP contribution in [0.2, 0.25) is 0 Å². The topological polar surface area (TPSA) is 58.2 Å². The molecule has 0 aliphatic rings. The maximum absolute atomic E-state index is 13.6. The van der Waals surface area contributed by atoms with Crippen molar-refractivity contribution in [1.29, 1.82) is 0 Å². The van der Waals surface area contributed by atoms with Crippen LogP contribution in [-0.2, 0) is 10.0 Å². The Morgan fingerprint density at radius 3 is 2.67 bits per heavy atom. The Hall–Kier alpha value is -1.14. The summed E-state index contributed by atoms with van der Waals surface area (Å²) in [6.07, 6.45) is 0.944.